The normalized spacial score (nSPS) is 11.2. The Balaban J connectivity index is 2.34. The molecule has 7 heteroatoms. The van der Waals surface area contributed by atoms with E-state index in [0.717, 1.165) is 3.57 Å². The van der Waals surface area contributed by atoms with Gasteiger partial charge in [-0.25, -0.2) is 8.42 Å². The van der Waals surface area contributed by atoms with Crippen LogP contribution in [0.4, 0.5) is 5.69 Å². The Labute approximate surface area is 124 Å². The number of benzene rings is 1. The monoisotopic (exact) mass is 394 g/mol. The fourth-order valence-corrected chi connectivity index (χ4v) is 3.51. The highest BCUT2D eigenvalue weighted by Crippen LogP contribution is 2.24. The van der Waals surface area contributed by atoms with Crippen molar-refractivity contribution in [3.8, 4) is 0 Å². The van der Waals surface area contributed by atoms with E-state index in [1.54, 1.807) is 24.3 Å². The number of nitrogens with one attached hydrogen (secondary N) is 1. The van der Waals surface area contributed by atoms with Gasteiger partial charge in [-0.15, -0.1) is 0 Å². The molecule has 0 fully saturated rings. The van der Waals surface area contributed by atoms with Gasteiger partial charge >= 0.3 is 0 Å². The van der Waals surface area contributed by atoms with Gasteiger partial charge in [0.1, 0.15) is 4.90 Å². The van der Waals surface area contributed by atoms with Crippen LogP contribution >= 0.6 is 34.2 Å². The third-order valence-electron chi connectivity index (χ3n) is 2.12. The van der Waals surface area contributed by atoms with E-state index in [2.05, 4.69) is 9.71 Å². The molecule has 0 bridgehead atoms. The van der Waals surface area contributed by atoms with Crippen molar-refractivity contribution in [1.82, 2.24) is 4.98 Å². The standard InChI is InChI=1S/C11H8ClIN2O2S/c12-8-3-4-11(10(13)6-8)15-18(16,17)9-2-1-5-14-7-9/h1-7,15H. The van der Waals surface area contributed by atoms with Crippen molar-refractivity contribution >= 4 is 49.9 Å². The van der Waals surface area contributed by atoms with E-state index in [1.165, 1.54) is 18.5 Å². The first-order chi connectivity index (χ1) is 8.49. The number of hydrogen-bond acceptors (Lipinski definition) is 3. The summed E-state index contributed by atoms with van der Waals surface area (Å²) < 4.78 is 27.3. The lowest BCUT2D eigenvalue weighted by molar-refractivity contribution is 0.601. The Morgan fingerprint density at radius 1 is 1.28 bits per heavy atom. The summed E-state index contributed by atoms with van der Waals surface area (Å²) in [7, 11) is -3.61. The summed E-state index contributed by atoms with van der Waals surface area (Å²) >= 11 is 7.83. The first kappa shape index (κ1) is 13.6. The lowest BCUT2D eigenvalue weighted by Gasteiger charge is -2.09. The molecular formula is C11H8ClIN2O2S. The molecule has 0 aliphatic rings. The number of halogens is 2. The molecule has 0 atom stereocenters. The van der Waals surface area contributed by atoms with Gasteiger partial charge in [0.2, 0.25) is 0 Å². The number of pyridine rings is 1. The first-order valence-electron chi connectivity index (χ1n) is 4.87. The molecule has 4 nitrogen and oxygen atoms in total. The maximum atomic E-state index is 12.1. The quantitative estimate of drug-likeness (QED) is 0.814. The zero-order valence-electron chi connectivity index (χ0n) is 8.97. The molecule has 0 aliphatic carbocycles. The van der Waals surface area contributed by atoms with Gasteiger partial charge in [0.25, 0.3) is 10.0 Å². The molecule has 94 valence electrons. The summed E-state index contributed by atoms with van der Waals surface area (Å²) in [5.41, 5.74) is 0.490. The summed E-state index contributed by atoms with van der Waals surface area (Å²) in [6.45, 7) is 0. The van der Waals surface area contributed by atoms with E-state index in [4.69, 9.17) is 11.6 Å². The van der Waals surface area contributed by atoms with E-state index in [-0.39, 0.29) is 4.90 Å². The summed E-state index contributed by atoms with van der Waals surface area (Å²) in [5, 5.41) is 0.559. The van der Waals surface area contributed by atoms with Crippen molar-refractivity contribution in [2.45, 2.75) is 4.90 Å². The number of sulfonamides is 1. The summed E-state index contributed by atoms with van der Waals surface area (Å²) in [5.74, 6) is 0. The van der Waals surface area contributed by atoms with E-state index in [9.17, 15) is 8.42 Å². The minimum atomic E-state index is -3.61. The average molecular weight is 395 g/mol. The predicted molar refractivity (Wildman–Crippen MR) is 79.2 cm³/mol. The highest BCUT2D eigenvalue weighted by atomic mass is 127. The van der Waals surface area contributed by atoms with E-state index in [1.807, 2.05) is 22.6 Å². The Morgan fingerprint density at radius 2 is 2.06 bits per heavy atom. The number of hydrogen-bond donors (Lipinski definition) is 1. The van der Waals surface area contributed by atoms with Crippen LogP contribution in [0.15, 0.2) is 47.6 Å². The molecule has 1 heterocycles. The van der Waals surface area contributed by atoms with Crippen molar-refractivity contribution in [3.05, 3.63) is 51.3 Å². The van der Waals surface area contributed by atoms with Crippen LogP contribution < -0.4 is 4.72 Å². The summed E-state index contributed by atoms with van der Waals surface area (Å²) in [4.78, 5) is 3.91. The predicted octanol–water partition coefficient (Wildman–Crippen LogP) is 3.14. The molecule has 1 N–H and O–H groups in total. The fraction of sp³-hybridized carbons (Fsp3) is 0. The second kappa shape index (κ2) is 5.41. The molecule has 0 saturated carbocycles. The number of rotatable bonds is 3. The molecule has 0 radical (unpaired) electrons. The van der Waals surface area contributed by atoms with Gasteiger partial charge in [-0.05, 0) is 52.9 Å². The van der Waals surface area contributed by atoms with Crippen LogP contribution in [0, 0.1) is 3.57 Å². The van der Waals surface area contributed by atoms with Crippen molar-refractivity contribution < 1.29 is 8.42 Å². The summed E-state index contributed by atoms with van der Waals surface area (Å²) in [6.07, 6.45) is 2.82. The van der Waals surface area contributed by atoms with Gasteiger partial charge < -0.3 is 0 Å². The van der Waals surface area contributed by atoms with E-state index in [0.29, 0.717) is 10.7 Å². The summed E-state index contributed by atoms with van der Waals surface area (Å²) in [6, 6.07) is 7.99. The zero-order valence-corrected chi connectivity index (χ0v) is 12.7. The van der Waals surface area contributed by atoms with Crippen molar-refractivity contribution in [2.24, 2.45) is 0 Å². The molecular weight excluding hydrogens is 387 g/mol. The molecule has 1 aromatic carbocycles. The van der Waals surface area contributed by atoms with Gasteiger partial charge in [0.15, 0.2) is 0 Å². The van der Waals surface area contributed by atoms with Crippen molar-refractivity contribution in [1.29, 1.82) is 0 Å². The molecule has 0 aliphatic heterocycles. The van der Waals surface area contributed by atoms with Gasteiger partial charge in [-0.2, -0.15) is 0 Å². The third-order valence-corrected chi connectivity index (χ3v) is 4.60. The van der Waals surface area contributed by atoms with Crippen LogP contribution in [0.25, 0.3) is 0 Å². The van der Waals surface area contributed by atoms with Crippen LogP contribution in [0.3, 0.4) is 0 Å². The Kier molecular flexibility index (Phi) is 4.08. The smallest absolute Gasteiger partial charge is 0.263 e. The van der Waals surface area contributed by atoms with E-state index < -0.39 is 10.0 Å². The minimum absolute atomic E-state index is 0.121. The zero-order chi connectivity index (χ0) is 13.2. The second-order valence-electron chi connectivity index (χ2n) is 3.42. The maximum Gasteiger partial charge on any atom is 0.263 e. The van der Waals surface area contributed by atoms with Crippen LogP contribution in [0.1, 0.15) is 0 Å². The lowest BCUT2D eigenvalue weighted by atomic mass is 10.3. The highest BCUT2D eigenvalue weighted by molar-refractivity contribution is 14.1. The maximum absolute atomic E-state index is 12.1. The second-order valence-corrected chi connectivity index (χ2v) is 6.70. The van der Waals surface area contributed by atoms with Crippen molar-refractivity contribution in [3.63, 3.8) is 0 Å². The highest BCUT2D eigenvalue weighted by Gasteiger charge is 2.15. The van der Waals surface area contributed by atoms with Gasteiger partial charge in [-0.1, -0.05) is 11.6 Å². The van der Waals surface area contributed by atoms with Crippen LogP contribution in [0.2, 0.25) is 5.02 Å². The molecule has 1 aromatic heterocycles. The number of aromatic nitrogens is 1. The largest absolute Gasteiger partial charge is 0.279 e. The third kappa shape index (κ3) is 3.12. The SMILES string of the molecule is O=S(=O)(Nc1ccc(Cl)cc1I)c1cccnc1. The van der Waals surface area contributed by atoms with Crippen LogP contribution in [0.5, 0.6) is 0 Å². The molecule has 0 spiro atoms. The lowest BCUT2D eigenvalue weighted by Crippen LogP contribution is -2.13. The fourth-order valence-electron chi connectivity index (χ4n) is 1.28. The molecule has 2 aromatic rings. The Bertz CT molecular complexity index is 662. The van der Waals surface area contributed by atoms with Gasteiger partial charge in [0.05, 0.1) is 5.69 Å². The molecule has 18 heavy (non-hydrogen) atoms. The van der Waals surface area contributed by atoms with Gasteiger partial charge in [-0.3, -0.25) is 9.71 Å². The number of anilines is 1. The van der Waals surface area contributed by atoms with Crippen LogP contribution in [-0.4, -0.2) is 13.4 Å². The molecule has 0 amide bonds. The number of nitrogens with zero attached hydrogens (tertiary/aromatic N) is 1. The first-order valence-corrected chi connectivity index (χ1v) is 7.81. The average Bonchev–Trinajstić information content (AvgIpc) is 2.34. The molecule has 2 rings (SSSR count). The van der Waals surface area contributed by atoms with Crippen molar-refractivity contribution in [2.75, 3.05) is 4.72 Å². The molecule has 0 unspecified atom stereocenters. The Morgan fingerprint density at radius 3 is 2.67 bits per heavy atom. The topological polar surface area (TPSA) is 59.1 Å². The van der Waals surface area contributed by atoms with E-state index >= 15 is 0 Å². The Hall–Kier alpha value is -0.860. The van der Waals surface area contributed by atoms with Crippen LogP contribution in [-0.2, 0) is 10.0 Å². The van der Waals surface area contributed by atoms with Gasteiger partial charge in [0, 0.05) is 21.0 Å². The molecule has 0 saturated heterocycles. The minimum Gasteiger partial charge on any atom is -0.279 e.